The molecule has 2 aromatic rings. The van der Waals surface area contributed by atoms with Gasteiger partial charge in [-0.25, -0.2) is 0 Å². The molecule has 2 aromatic carbocycles. The summed E-state index contributed by atoms with van der Waals surface area (Å²) >= 11 is 0. The molecule has 1 amide bonds. The topological polar surface area (TPSA) is 45.3 Å². The lowest BCUT2D eigenvalue weighted by atomic mass is 10.1. The van der Waals surface area contributed by atoms with Crippen molar-refractivity contribution in [3.05, 3.63) is 59.2 Å². The molecule has 0 radical (unpaired) electrons. The zero-order valence-electron chi connectivity index (χ0n) is 18.1. The fraction of sp³-hybridized carbons (Fsp3) is 0.480. The van der Waals surface area contributed by atoms with Gasteiger partial charge in [0, 0.05) is 44.8 Å². The molecule has 6 heteroatoms. The highest BCUT2D eigenvalue weighted by molar-refractivity contribution is 5.94. The van der Waals surface area contributed by atoms with Crippen LogP contribution in [0.25, 0.3) is 0 Å². The van der Waals surface area contributed by atoms with Crippen LogP contribution in [0.4, 0.5) is 0 Å². The van der Waals surface area contributed by atoms with Crippen molar-refractivity contribution in [3.8, 4) is 11.5 Å². The number of amides is 1. The Bertz CT molecular complexity index is 901. The minimum atomic E-state index is 0.146. The number of ether oxygens (including phenoxy) is 2. The summed E-state index contributed by atoms with van der Waals surface area (Å²) in [5.74, 6) is 1.79. The van der Waals surface area contributed by atoms with E-state index in [0.29, 0.717) is 6.79 Å². The maximum atomic E-state index is 13.0. The number of hydrogen-bond donors (Lipinski definition) is 0. The van der Waals surface area contributed by atoms with Crippen molar-refractivity contribution in [3.63, 3.8) is 0 Å². The molecule has 3 heterocycles. The zero-order valence-corrected chi connectivity index (χ0v) is 18.1. The van der Waals surface area contributed by atoms with E-state index in [-0.39, 0.29) is 5.91 Å². The summed E-state index contributed by atoms with van der Waals surface area (Å²) in [6.07, 6.45) is 3.96. The average molecular weight is 422 g/mol. The van der Waals surface area contributed by atoms with Gasteiger partial charge in [-0.1, -0.05) is 24.6 Å². The maximum Gasteiger partial charge on any atom is 0.253 e. The van der Waals surface area contributed by atoms with Crippen LogP contribution < -0.4 is 9.47 Å². The monoisotopic (exact) mass is 421 g/mol. The van der Waals surface area contributed by atoms with Crippen molar-refractivity contribution in [2.75, 3.05) is 46.1 Å². The van der Waals surface area contributed by atoms with Crippen LogP contribution in [0.15, 0.2) is 42.5 Å². The van der Waals surface area contributed by atoms with E-state index in [9.17, 15) is 4.79 Å². The van der Waals surface area contributed by atoms with E-state index in [0.717, 1.165) is 56.3 Å². The summed E-state index contributed by atoms with van der Waals surface area (Å²) in [6.45, 7) is 7.84. The van der Waals surface area contributed by atoms with Crippen molar-refractivity contribution in [2.24, 2.45) is 0 Å². The Labute approximate surface area is 184 Å². The van der Waals surface area contributed by atoms with Gasteiger partial charge in [-0.15, -0.1) is 0 Å². The van der Waals surface area contributed by atoms with Crippen LogP contribution in [0.5, 0.6) is 11.5 Å². The van der Waals surface area contributed by atoms with Gasteiger partial charge in [0.15, 0.2) is 11.5 Å². The van der Waals surface area contributed by atoms with E-state index in [1.54, 1.807) is 0 Å². The second-order valence-corrected chi connectivity index (χ2v) is 8.79. The highest BCUT2D eigenvalue weighted by atomic mass is 16.7. The van der Waals surface area contributed by atoms with Crippen LogP contribution >= 0.6 is 0 Å². The molecule has 0 N–H and O–H groups in total. The first-order valence-electron chi connectivity index (χ1n) is 11.5. The molecule has 2 fully saturated rings. The molecule has 31 heavy (non-hydrogen) atoms. The summed E-state index contributed by atoms with van der Waals surface area (Å²) in [4.78, 5) is 19.8. The number of fused-ring (bicyclic) bond motifs is 1. The molecular formula is C25H31N3O3. The number of benzene rings is 2. The van der Waals surface area contributed by atoms with E-state index in [1.807, 2.05) is 23.1 Å². The van der Waals surface area contributed by atoms with Crippen LogP contribution in [0.1, 0.15) is 40.7 Å². The number of piperazine rings is 1. The van der Waals surface area contributed by atoms with Gasteiger partial charge in [-0.2, -0.15) is 0 Å². The van der Waals surface area contributed by atoms with Gasteiger partial charge in [-0.05, 0) is 61.3 Å². The zero-order chi connectivity index (χ0) is 21.0. The first-order chi connectivity index (χ1) is 15.2. The Kier molecular flexibility index (Phi) is 6.09. The van der Waals surface area contributed by atoms with Crippen molar-refractivity contribution in [1.29, 1.82) is 0 Å². The molecule has 5 rings (SSSR count). The highest BCUT2D eigenvalue weighted by Gasteiger charge is 2.23. The van der Waals surface area contributed by atoms with Crippen LogP contribution in [0.3, 0.4) is 0 Å². The smallest absolute Gasteiger partial charge is 0.253 e. The number of rotatable bonds is 5. The molecule has 0 aliphatic carbocycles. The van der Waals surface area contributed by atoms with Gasteiger partial charge in [0.2, 0.25) is 6.79 Å². The van der Waals surface area contributed by atoms with Crippen molar-refractivity contribution in [2.45, 2.75) is 32.4 Å². The van der Waals surface area contributed by atoms with E-state index in [1.165, 1.54) is 43.5 Å². The number of hydrogen-bond acceptors (Lipinski definition) is 5. The first-order valence-corrected chi connectivity index (χ1v) is 11.5. The summed E-state index contributed by atoms with van der Waals surface area (Å²) in [5, 5.41) is 0. The van der Waals surface area contributed by atoms with Crippen LogP contribution in [0, 0.1) is 0 Å². The second-order valence-electron chi connectivity index (χ2n) is 8.79. The van der Waals surface area contributed by atoms with Gasteiger partial charge >= 0.3 is 0 Å². The Morgan fingerprint density at radius 3 is 2.13 bits per heavy atom. The predicted molar refractivity (Wildman–Crippen MR) is 119 cm³/mol. The van der Waals surface area contributed by atoms with E-state index < -0.39 is 0 Å². The van der Waals surface area contributed by atoms with Crippen molar-refractivity contribution < 1.29 is 14.3 Å². The number of carbonyl (C=O) groups excluding carboxylic acids is 1. The largest absolute Gasteiger partial charge is 0.454 e. The summed E-state index contributed by atoms with van der Waals surface area (Å²) < 4.78 is 10.9. The molecule has 0 atom stereocenters. The molecule has 0 bridgehead atoms. The normalized spacial score (nSPS) is 19.5. The standard InChI is InChI=1S/C25H31N3O3/c29-25(22-7-4-20(5-8-22)17-26-10-2-1-3-11-26)28-14-12-27(13-15-28)18-21-6-9-23-24(16-21)31-19-30-23/h4-9,16H,1-3,10-15,17-19H2. The molecule has 0 spiro atoms. The molecule has 0 aromatic heterocycles. The Morgan fingerprint density at radius 2 is 1.35 bits per heavy atom. The van der Waals surface area contributed by atoms with Crippen molar-refractivity contribution in [1.82, 2.24) is 14.7 Å². The van der Waals surface area contributed by atoms with Crippen molar-refractivity contribution >= 4 is 5.91 Å². The number of piperidine rings is 1. The minimum Gasteiger partial charge on any atom is -0.454 e. The number of likely N-dealkylation sites (tertiary alicyclic amines) is 1. The third kappa shape index (κ3) is 4.86. The van der Waals surface area contributed by atoms with Gasteiger partial charge in [0.25, 0.3) is 5.91 Å². The molecule has 2 saturated heterocycles. The first kappa shape index (κ1) is 20.3. The quantitative estimate of drug-likeness (QED) is 0.741. The summed E-state index contributed by atoms with van der Waals surface area (Å²) in [6, 6.07) is 14.4. The Balaban J connectivity index is 1.12. The van der Waals surface area contributed by atoms with Gasteiger partial charge < -0.3 is 14.4 Å². The highest BCUT2D eigenvalue weighted by Crippen LogP contribution is 2.32. The summed E-state index contributed by atoms with van der Waals surface area (Å²) in [7, 11) is 0. The molecule has 6 nitrogen and oxygen atoms in total. The third-order valence-corrected chi connectivity index (χ3v) is 6.56. The van der Waals surface area contributed by atoms with Gasteiger partial charge in [0.05, 0.1) is 0 Å². The number of nitrogens with zero attached hydrogens (tertiary/aromatic N) is 3. The molecule has 0 saturated carbocycles. The second kappa shape index (κ2) is 9.28. The molecular weight excluding hydrogens is 390 g/mol. The van der Waals surface area contributed by atoms with E-state index in [4.69, 9.17) is 9.47 Å². The lowest BCUT2D eigenvalue weighted by molar-refractivity contribution is 0.0628. The van der Waals surface area contributed by atoms with Crippen LogP contribution in [-0.4, -0.2) is 66.7 Å². The lowest BCUT2D eigenvalue weighted by Crippen LogP contribution is -2.48. The molecule has 3 aliphatic rings. The van der Waals surface area contributed by atoms with Gasteiger partial charge in [0.1, 0.15) is 0 Å². The van der Waals surface area contributed by atoms with Crippen LogP contribution in [-0.2, 0) is 13.1 Å². The van der Waals surface area contributed by atoms with Gasteiger partial charge in [-0.3, -0.25) is 14.6 Å². The fourth-order valence-electron chi connectivity index (χ4n) is 4.72. The van der Waals surface area contributed by atoms with E-state index in [2.05, 4.69) is 34.1 Å². The third-order valence-electron chi connectivity index (χ3n) is 6.56. The predicted octanol–water partition coefficient (Wildman–Crippen LogP) is 3.36. The molecule has 3 aliphatic heterocycles. The summed E-state index contributed by atoms with van der Waals surface area (Å²) in [5.41, 5.74) is 3.31. The Morgan fingerprint density at radius 1 is 0.710 bits per heavy atom. The molecule has 0 unspecified atom stereocenters. The van der Waals surface area contributed by atoms with E-state index >= 15 is 0 Å². The van der Waals surface area contributed by atoms with Crippen LogP contribution in [0.2, 0.25) is 0 Å². The fourth-order valence-corrected chi connectivity index (χ4v) is 4.72. The average Bonchev–Trinajstić information content (AvgIpc) is 3.28. The lowest BCUT2D eigenvalue weighted by Gasteiger charge is -2.35. The Hall–Kier alpha value is -2.57. The molecule has 164 valence electrons. The minimum absolute atomic E-state index is 0.146. The maximum absolute atomic E-state index is 13.0. The SMILES string of the molecule is O=C(c1ccc(CN2CCCCC2)cc1)N1CCN(Cc2ccc3c(c2)OCO3)CC1. The number of carbonyl (C=O) groups is 1.